The molecule has 0 amide bonds. The molecule has 4 heteroatoms. The van der Waals surface area contributed by atoms with E-state index in [1.165, 1.54) is 0 Å². The largest absolute Gasteiger partial charge is 0.394 e. The average molecular weight is 260 g/mol. The number of pyridine rings is 1. The summed E-state index contributed by atoms with van der Waals surface area (Å²) in [5, 5.41) is 23.3. The van der Waals surface area contributed by atoms with E-state index in [9.17, 15) is 10.2 Å². The SMILES string of the molecule is CCC(CO)(CO)Nc1nc2ccccc2cc1C. The zero-order valence-electron chi connectivity index (χ0n) is 11.3. The number of aliphatic hydroxyl groups excluding tert-OH is 2. The van der Waals surface area contributed by atoms with Gasteiger partial charge >= 0.3 is 0 Å². The number of fused-ring (bicyclic) bond motifs is 1. The van der Waals surface area contributed by atoms with Gasteiger partial charge in [-0.2, -0.15) is 0 Å². The summed E-state index contributed by atoms with van der Waals surface area (Å²) in [5.74, 6) is 0.712. The molecule has 0 fully saturated rings. The number of hydrogen-bond acceptors (Lipinski definition) is 4. The Kier molecular flexibility index (Phi) is 4.02. The summed E-state index contributed by atoms with van der Waals surface area (Å²) in [4.78, 5) is 4.57. The lowest BCUT2D eigenvalue weighted by atomic mass is 9.98. The first-order chi connectivity index (χ1) is 9.14. The van der Waals surface area contributed by atoms with Gasteiger partial charge in [0.15, 0.2) is 0 Å². The number of nitrogens with one attached hydrogen (secondary N) is 1. The fraction of sp³-hybridized carbons (Fsp3) is 0.400. The van der Waals surface area contributed by atoms with Gasteiger partial charge in [0.1, 0.15) is 5.82 Å². The molecule has 0 saturated heterocycles. The number of para-hydroxylation sites is 1. The second-order valence-corrected chi connectivity index (χ2v) is 4.92. The van der Waals surface area contributed by atoms with Crippen molar-refractivity contribution < 1.29 is 10.2 Å². The number of anilines is 1. The second kappa shape index (κ2) is 5.55. The van der Waals surface area contributed by atoms with Crippen molar-refractivity contribution in [3.8, 4) is 0 Å². The number of benzene rings is 1. The Labute approximate surface area is 113 Å². The minimum atomic E-state index is -0.722. The monoisotopic (exact) mass is 260 g/mol. The van der Waals surface area contributed by atoms with E-state index in [1.54, 1.807) is 0 Å². The van der Waals surface area contributed by atoms with Gasteiger partial charge in [-0.15, -0.1) is 0 Å². The summed E-state index contributed by atoms with van der Waals surface area (Å²) in [6, 6.07) is 9.95. The van der Waals surface area contributed by atoms with Crippen molar-refractivity contribution in [3.63, 3.8) is 0 Å². The molecule has 1 aromatic carbocycles. The van der Waals surface area contributed by atoms with Gasteiger partial charge in [0.2, 0.25) is 0 Å². The van der Waals surface area contributed by atoms with E-state index in [0.29, 0.717) is 12.2 Å². The highest BCUT2D eigenvalue weighted by Crippen LogP contribution is 2.23. The lowest BCUT2D eigenvalue weighted by molar-refractivity contribution is 0.132. The minimum absolute atomic E-state index is 0.131. The molecule has 0 aliphatic rings. The summed E-state index contributed by atoms with van der Waals surface area (Å²) >= 11 is 0. The third-order valence-electron chi connectivity index (χ3n) is 3.58. The van der Waals surface area contributed by atoms with E-state index in [2.05, 4.69) is 16.4 Å². The Morgan fingerprint density at radius 3 is 2.53 bits per heavy atom. The lowest BCUT2D eigenvalue weighted by Crippen LogP contribution is -2.45. The third kappa shape index (κ3) is 2.69. The molecular formula is C15H20N2O2. The molecule has 1 aromatic heterocycles. The zero-order valence-corrected chi connectivity index (χ0v) is 11.3. The highest BCUT2D eigenvalue weighted by atomic mass is 16.3. The van der Waals surface area contributed by atoms with Crippen LogP contribution in [0.1, 0.15) is 18.9 Å². The van der Waals surface area contributed by atoms with E-state index >= 15 is 0 Å². The standard InChI is InChI=1S/C15H20N2O2/c1-3-15(9-18,10-19)17-14-11(2)8-12-6-4-5-7-13(12)16-14/h4-8,18-19H,3,9-10H2,1-2H3,(H,16,17). The third-order valence-corrected chi connectivity index (χ3v) is 3.58. The van der Waals surface area contributed by atoms with Gasteiger partial charge in [-0.3, -0.25) is 0 Å². The van der Waals surface area contributed by atoms with Gasteiger partial charge in [-0.1, -0.05) is 25.1 Å². The van der Waals surface area contributed by atoms with Crippen LogP contribution in [0.15, 0.2) is 30.3 Å². The van der Waals surface area contributed by atoms with Crippen LogP contribution in [0.3, 0.4) is 0 Å². The summed E-state index contributed by atoms with van der Waals surface area (Å²) in [5.41, 5.74) is 1.18. The molecule has 3 N–H and O–H groups in total. The normalized spacial score (nSPS) is 11.8. The van der Waals surface area contributed by atoms with Crippen molar-refractivity contribution in [3.05, 3.63) is 35.9 Å². The van der Waals surface area contributed by atoms with Crippen molar-refractivity contribution in [2.45, 2.75) is 25.8 Å². The fourth-order valence-electron chi connectivity index (χ4n) is 2.04. The summed E-state index contributed by atoms with van der Waals surface area (Å²) in [6.07, 6.45) is 0.619. The first kappa shape index (κ1) is 13.8. The zero-order chi connectivity index (χ0) is 13.9. The van der Waals surface area contributed by atoms with Gasteiger partial charge < -0.3 is 15.5 Å². The highest BCUT2D eigenvalue weighted by molar-refractivity contribution is 5.81. The highest BCUT2D eigenvalue weighted by Gasteiger charge is 2.27. The molecule has 0 atom stereocenters. The molecule has 19 heavy (non-hydrogen) atoms. The van der Waals surface area contributed by atoms with Crippen LogP contribution in [-0.4, -0.2) is 33.9 Å². The number of aryl methyl sites for hydroxylation is 1. The first-order valence-corrected chi connectivity index (χ1v) is 6.50. The van der Waals surface area contributed by atoms with Gasteiger partial charge in [0.05, 0.1) is 24.3 Å². The van der Waals surface area contributed by atoms with Crippen molar-refractivity contribution in [1.29, 1.82) is 0 Å². The quantitative estimate of drug-likeness (QED) is 0.770. The van der Waals surface area contributed by atoms with Gasteiger partial charge in [0, 0.05) is 5.39 Å². The molecule has 0 aliphatic carbocycles. The number of hydrogen-bond donors (Lipinski definition) is 3. The molecule has 102 valence electrons. The molecule has 2 rings (SSSR count). The van der Waals surface area contributed by atoms with Crippen molar-refractivity contribution in [1.82, 2.24) is 4.98 Å². The van der Waals surface area contributed by atoms with Gasteiger partial charge in [0.25, 0.3) is 0 Å². The first-order valence-electron chi connectivity index (χ1n) is 6.50. The maximum absolute atomic E-state index is 9.49. The lowest BCUT2D eigenvalue weighted by Gasteiger charge is -2.31. The molecule has 0 radical (unpaired) electrons. The van der Waals surface area contributed by atoms with Crippen molar-refractivity contribution >= 4 is 16.7 Å². The maximum Gasteiger partial charge on any atom is 0.130 e. The topological polar surface area (TPSA) is 65.4 Å². The van der Waals surface area contributed by atoms with Crippen LogP contribution < -0.4 is 5.32 Å². The van der Waals surface area contributed by atoms with Crippen LogP contribution in [0.25, 0.3) is 10.9 Å². The van der Waals surface area contributed by atoms with E-state index < -0.39 is 5.54 Å². The van der Waals surface area contributed by atoms with Crippen molar-refractivity contribution in [2.75, 3.05) is 18.5 Å². The smallest absolute Gasteiger partial charge is 0.130 e. The molecule has 2 aromatic rings. The predicted octanol–water partition coefficient (Wildman–Crippen LogP) is 2.09. The summed E-state index contributed by atoms with van der Waals surface area (Å²) in [6.45, 7) is 3.63. The van der Waals surface area contributed by atoms with Crippen LogP contribution in [0.4, 0.5) is 5.82 Å². The fourth-order valence-corrected chi connectivity index (χ4v) is 2.04. The number of aromatic nitrogens is 1. The van der Waals surface area contributed by atoms with Crippen LogP contribution >= 0.6 is 0 Å². The van der Waals surface area contributed by atoms with Crippen LogP contribution in [-0.2, 0) is 0 Å². The number of aliphatic hydroxyl groups is 2. The predicted molar refractivity (Wildman–Crippen MR) is 77.3 cm³/mol. The van der Waals surface area contributed by atoms with Crippen LogP contribution in [0.2, 0.25) is 0 Å². The van der Waals surface area contributed by atoms with Gasteiger partial charge in [-0.25, -0.2) is 4.98 Å². The summed E-state index contributed by atoms with van der Waals surface area (Å²) < 4.78 is 0. The molecular weight excluding hydrogens is 240 g/mol. The van der Waals surface area contributed by atoms with Crippen molar-refractivity contribution in [2.24, 2.45) is 0 Å². The number of nitrogens with zero attached hydrogens (tertiary/aromatic N) is 1. The van der Waals surface area contributed by atoms with Gasteiger partial charge in [-0.05, 0) is 31.0 Å². The van der Waals surface area contributed by atoms with Crippen LogP contribution in [0, 0.1) is 6.92 Å². The molecule has 4 nitrogen and oxygen atoms in total. The molecule has 0 aliphatic heterocycles. The molecule has 1 heterocycles. The molecule has 0 bridgehead atoms. The van der Waals surface area contributed by atoms with E-state index in [1.807, 2.05) is 38.1 Å². The van der Waals surface area contributed by atoms with E-state index in [0.717, 1.165) is 16.5 Å². The Morgan fingerprint density at radius 1 is 1.21 bits per heavy atom. The second-order valence-electron chi connectivity index (χ2n) is 4.92. The van der Waals surface area contributed by atoms with E-state index in [4.69, 9.17) is 0 Å². The average Bonchev–Trinajstić information content (AvgIpc) is 2.45. The molecule has 0 saturated carbocycles. The summed E-state index contributed by atoms with van der Waals surface area (Å²) in [7, 11) is 0. The van der Waals surface area contributed by atoms with E-state index in [-0.39, 0.29) is 13.2 Å². The minimum Gasteiger partial charge on any atom is -0.394 e. The molecule has 0 spiro atoms. The maximum atomic E-state index is 9.49. The Morgan fingerprint density at radius 2 is 1.89 bits per heavy atom. The molecule has 0 unspecified atom stereocenters. The number of rotatable bonds is 5. The van der Waals surface area contributed by atoms with Crippen LogP contribution in [0.5, 0.6) is 0 Å². The Hall–Kier alpha value is -1.65. The Bertz CT molecular complexity index is 557. The Balaban J connectivity index is 2.42.